The molecule has 5 heterocycles. The topological polar surface area (TPSA) is 80.8 Å². The minimum atomic E-state index is -0.662. The van der Waals surface area contributed by atoms with Crippen LogP contribution in [0.25, 0.3) is 0 Å². The number of fused-ring (bicyclic) bond motifs is 2. The maximum atomic E-state index is 12.1. The van der Waals surface area contributed by atoms with Crippen LogP contribution in [-0.2, 0) is 23.7 Å². The average Bonchev–Trinajstić information content (AvgIpc) is 3.42. The van der Waals surface area contributed by atoms with Crippen molar-refractivity contribution in [1.29, 1.82) is 0 Å². The van der Waals surface area contributed by atoms with Gasteiger partial charge in [-0.05, 0) is 24.3 Å². The molecule has 4 saturated heterocycles. The van der Waals surface area contributed by atoms with Crippen molar-refractivity contribution in [2.45, 2.75) is 81.3 Å². The van der Waals surface area contributed by atoms with Gasteiger partial charge in [-0.25, -0.2) is 4.79 Å². The number of aliphatic hydroxyl groups excluding tert-OH is 1. The molecule has 26 heavy (non-hydrogen) atoms. The van der Waals surface area contributed by atoms with Gasteiger partial charge in [0.25, 0.3) is 0 Å². The Hall–Kier alpha value is -0.950. The summed E-state index contributed by atoms with van der Waals surface area (Å²) in [6.45, 7) is 6.89. The highest BCUT2D eigenvalue weighted by atomic mass is 16.7. The summed E-state index contributed by atoms with van der Waals surface area (Å²) < 4.78 is 24.5. The fraction of sp³-hybridized carbons (Fsp3) is 0.850. The lowest BCUT2D eigenvalue weighted by atomic mass is 9.42. The van der Waals surface area contributed by atoms with Crippen LogP contribution in [0.3, 0.4) is 0 Å². The van der Waals surface area contributed by atoms with E-state index in [0.29, 0.717) is 6.61 Å². The first-order valence-electron chi connectivity index (χ1n) is 9.94. The molecule has 2 spiro atoms. The van der Waals surface area contributed by atoms with E-state index < -0.39 is 22.9 Å². The van der Waals surface area contributed by atoms with Gasteiger partial charge in [-0.15, -0.1) is 0 Å². The Morgan fingerprint density at radius 2 is 1.96 bits per heavy atom. The van der Waals surface area contributed by atoms with Crippen LogP contribution >= 0.6 is 0 Å². The van der Waals surface area contributed by atoms with Gasteiger partial charge in [0, 0.05) is 23.3 Å². The fourth-order valence-corrected chi connectivity index (χ4v) is 7.90. The third-order valence-corrected chi connectivity index (χ3v) is 9.09. The van der Waals surface area contributed by atoms with E-state index in [2.05, 4.69) is 20.8 Å². The Balaban J connectivity index is 1.39. The number of carbonyl (C=O) groups excluding carboxylic acids is 1. The molecule has 0 amide bonds. The van der Waals surface area contributed by atoms with E-state index in [9.17, 15) is 9.90 Å². The van der Waals surface area contributed by atoms with Crippen molar-refractivity contribution in [1.82, 2.24) is 0 Å². The highest BCUT2D eigenvalue weighted by Gasteiger charge is 2.97. The van der Waals surface area contributed by atoms with Crippen molar-refractivity contribution in [3.05, 3.63) is 11.1 Å². The number of rotatable bonds is 1. The van der Waals surface area contributed by atoms with E-state index in [1.165, 1.54) is 0 Å². The molecule has 0 radical (unpaired) electrons. The van der Waals surface area contributed by atoms with Crippen LogP contribution in [0.15, 0.2) is 11.1 Å². The Kier molecular flexibility index (Phi) is 2.19. The number of epoxide rings is 2. The molecular weight excluding hydrogens is 336 g/mol. The number of cyclic esters (lactones) is 1. The van der Waals surface area contributed by atoms with E-state index in [1.807, 2.05) is 0 Å². The Morgan fingerprint density at radius 1 is 1.19 bits per heavy atom. The van der Waals surface area contributed by atoms with E-state index in [0.717, 1.165) is 30.4 Å². The molecule has 8 rings (SSSR count). The Labute approximate surface area is 151 Å². The van der Waals surface area contributed by atoms with E-state index in [1.54, 1.807) is 0 Å². The lowest BCUT2D eigenvalue weighted by Gasteiger charge is -2.70. The zero-order valence-electron chi connectivity index (χ0n) is 15.3. The van der Waals surface area contributed by atoms with E-state index in [4.69, 9.17) is 18.9 Å². The molecular formula is C20H24O6. The van der Waals surface area contributed by atoms with Crippen molar-refractivity contribution >= 4 is 5.97 Å². The number of ether oxygens (including phenoxy) is 4. The van der Waals surface area contributed by atoms with Gasteiger partial charge < -0.3 is 24.1 Å². The molecule has 0 aromatic rings. The first kappa shape index (κ1) is 15.0. The van der Waals surface area contributed by atoms with Crippen LogP contribution in [0, 0.1) is 17.3 Å². The molecule has 2 saturated carbocycles. The molecule has 0 aromatic carbocycles. The monoisotopic (exact) mass is 360 g/mol. The minimum Gasteiger partial charge on any atom is -0.458 e. The van der Waals surface area contributed by atoms with Crippen molar-refractivity contribution in [2.24, 2.45) is 17.3 Å². The molecule has 6 heteroatoms. The number of aliphatic hydroxyl groups is 1. The normalized spacial score (nSPS) is 63.1. The van der Waals surface area contributed by atoms with Gasteiger partial charge in [-0.1, -0.05) is 20.8 Å². The fourth-order valence-electron chi connectivity index (χ4n) is 7.90. The molecule has 140 valence electrons. The quantitative estimate of drug-likeness (QED) is 0.557. The molecule has 5 aliphatic heterocycles. The zero-order valence-corrected chi connectivity index (χ0v) is 15.3. The number of carbonyl (C=O) groups is 1. The maximum Gasteiger partial charge on any atom is 0.334 e. The van der Waals surface area contributed by atoms with Crippen molar-refractivity contribution in [3.8, 4) is 0 Å². The average molecular weight is 360 g/mol. The summed E-state index contributed by atoms with van der Waals surface area (Å²) in [6.07, 6.45) is 1.70. The van der Waals surface area contributed by atoms with Gasteiger partial charge in [-0.3, -0.25) is 0 Å². The second kappa shape index (κ2) is 3.79. The highest BCUT2D eigenvalue weighted by Crippen LogP contribution is 2.82. The van der Waals surface area contributed by atoms with Crippen molar-refractivity contribution in [3.63, 3.8) is 0 Å². The Morgan fingerprint density at radius 3 is 2.69 bits per heavy atom. The third-order valence-electron chi connectivity index (χ3n) is 9.09. The number of esters is 1. The van der Waals surface area contributed by atoms with Gasteiger partial charge in [0.15, 0.2) is 0 Å². The lowest BCUT2D eigenvalue weighted by molar-refractivity contribution is -0.366. The summed E-state index contributed by atoms with van der Waals surface area (Å²) in [4.78, 5) is 12.1. The summed E-state index contributed by atoms with van der Waals surface area (Å²) in [7, 11) is 0. The molecule has 8 aliphatic rings. The van der Waals surface area contributed by atoms with Crippen LogP contribution in [0.5, 0.6) is 0 Å². The standard InChI is InChI=1S/C20H24O6/c1-8(2)19-13(25-19)14-20(26-14)17(3)5-4-9-10(7-23-15(9)21)12(17)11-6-18(20,24-11)16(19)22/h8,11-14,16,22H,4-7H2,1-3H3. The minimum absolute atomic E-state index is 0.0118. The van der Waals surface area contributed by atoms with Crippen LogP contribution in [0.2, 0.25) is 0 Å². The van der Waals surface area contributed by atoms with Gasteiger partial charge in [0.05, 0.1) is 6.10 Å². The summed E-state index contributed by atoms with van der Waals surface area (Å²) >= 11 is 0. The lowest BCUT2D eigenvalue weighted by Crippen LogP contribution is -2.83. The molecule has 1 N–H and O–H groups in total. The van der Waals surface area contributed by atoms with Crippen LogP contribution in [0.1, 0.15) is 40.0 Å². The molecule has 6 fully saturated rings. The summed E-state index contributed by atoms with van der Waals surface area (Å²) in [5, 5.41) is 11.4. The summed E-state index contributed by atoms with van der Waals surface area (Å²) in [5.41, 5.74) is 0.151. The van der Waals surface area contributed by atoms with Gasteiger partial charge >= 0.3 is 5.97 Å². The predicted octanol–water partition coefficient (Wildman–Crippen LogP) is 1.10. The third kappa shape index (κ3) is 1.12. The summed E-state index contributed by atoms with van der Waals surface area (Å²) in [6, 6.07) is 0. The van der Waals surface area contributed by atoms with Crippen molar-refractivity contribution < 1.29 is 28.8 Å². The molecule has 3 aliphatic carbocycles. The van der Waals surface area contributed by atoms with E-state index in [-0.39, 0.29) is 41.5 Å². The van der Waals surface area contributed by atoms with Crippen LogP contribution in [-0.4, -0.2) is 58.9 Å². The molecule has 6 nitrogen and oxygen atoms in total. The predicted molar refractivity (Wildman–Crippen MR) is 87.1 cm³/mol. The SMILES string of the molecule is CC(C)C12OC1C1OC13C1(C)CCC4=C(COC4=O)C1C1CC3(O1)C2O. The second-order valence-corrected chi connectivity index (χ2v) is 9.95. The van der Waals surface area contributed by atoms with Crippen LogP contribution < -0.4 is 0 Å². The number of hydrogen-bond acceptors (Lipinski definition) is 6. The van der Waals surface area contributed by atoms with Crippen LogP contribution in [0.4, 0.5) is 0 Å². The largest absolute Gasteiger partial charge is 0.458 e. The summed E-state index contributed by atoms with van der Waals surface area (Å²) in [5.74, 6) is 0.202. The molecule has 9 unspecified atom stereocenters. The van der Waals surface area contributed by atoms with E-state index >= 15 is 0 Å². The smallest absolute Gasteiger partial charge is 0.334 e. The van der Waals surface area contributed by atoms with Gasteiger partial charge in [0.2, 0.25) is 0 Å². The van der Waals surface area contributed by atoms with Gasteiger partial charge in [0.1, 0.15) is 41.7 Å². The zero-order chi connectivity index (χ0) is 17.9. The maximum absolute atomic E-state index is 12.1. The Bertz CT molecular complexity index is 811. The molecule has 2 bridgehead atoms. The number of hydrogen-bond donors (Lipinski definition) is 1. The van der Waals surface area contributed by atoms with Crippen molar-refractivity contribution in [2.75, 3.05) is 6.61 Å². The second-order valence-electron chi connectivity index (χ2n) is 9.95. The molecule has 0 aromatic heterocycles. The van der Waals surface area contributed by atoms with Gasteiger partial charge in [-0.2, -0.15) is 0 Å². The highest BCUT2D eigenvalue weighted by molar-refractivity contribution is 5.92. The first-order valence-corrected chi connectivity index (χ1v) is 9.94. The first-order chi connectivity index (χ1) is 12.3. The molecule has 9 atom stereocenters.